The number of aromatic nitrogens is 2. The van der Waals surface area contributed by atoms with E-state index >= 15 is 0 Å². The molecule has 136 valence electrons. The number of rotatable bonds is 5. The molecule has 4 nitrogen and oxygen atoms in total. The largest absolute Gasteiger partial charge is 0.325 e. The third-order valence-electron chi connectivity index (χ3n) is 4.34. The van der Waals surface area contributed by atoms with Crippen LogP contribution in [0.5, 0.6) is 0 Å². The lowest BCUT2D eigenvalue weighted by Crippen LogP contribution is -2.24. The van der Waals surface area contributed by atoms with Gasteiger partial charge in [0.2, 0.25) is 5.91 Å². The van der Waals surface area contributed by atoms with Crippen LogP contribution in [0.2, 0.25) is 0 Å². The fraction of sp³-hybridized carbons (Fsp3) is 0.350. The lowest BCUT2D eigenvalue weighted by Gasteiger charge is -2.15. The summed E-state index contributed by atoms with van der Waals surface area (Å²) in [5, 5.41) is 4.83. The number of aryl methyl sites for hydroxylation is 4. The van der Waals surface area contributed by atoms with E-state index in [1.807, 2.05) is 32.9 Å². The molecule has 6 heteroatoms. The first-order chi connectivity index (χ1) is 12.4. The molecule has 1 N–H and O–H groups in total. The van der Waals surface area contributed by atoms with Crippen LogP contribution in [0.4, 0.5) is 5.69 Å². The van der Waals surface area contributed by atoms with Crippen molar-refractivity contribution < 1.29 is 4.79 Å². The fourth-order valence-electron chi connectivity index (χ4n) is 2.97. The van der Waals surface area contributed by atoms with Crippen molar-refractivity contribution in [3.05, 3.63) is 46.1 Å². The number of anilines is 1. The molecule has 0 bridgehead atoms. The highest BCUT2D eigenvalue weighted by molar-refractivity contribution is 8.00. The van der Waals surface area contributed by atoms with Crippen LogP contribution in [-0.2, 0) is 4.79 Å². The molecule has 0 radical (unpaired) electrons. The van der Waals surface area contributed by atoms with E-state index < -0.39 is 0 Å². The van der Waals surface area contributed by atoms with Gasteiger partial charge in [-0.05, 0) is 62.9 Å². The Hall–Kier alpha value is -1.92. The molecule has 1 amide bonds. The van der Waals surface area contributed by atoms with Gasteiger partial charge in [0.05, 0.1) is 5.25 Å². The Morgan fingerprint density at radius 2 is 1.85 bits per heavy atom. The maximum atomic E-state index is 12.8. The number of thiophene rings is 1. The van der Waals surface area contributed by atoms with E-state index in [0.717, 1.165) is 38.5 Å². The molecule has 2 heterocycles. The van der Waals surface area contributed by atoms with Crippen molar-refractivity contribution in [2.75, 3.05) is 5.32 Å². The third-order valence-corrected chi connectivity index (χ3v) is 6.82. The van der Waals surface area contributed by atoms with Crippen LogP contribution >= 0.6 is 23.1 Å². The zero-order valence-electron chi connectivity index (χ0n) is 15.7. The average molecular weight is 386 g/mol. The van der Waals surface area contributed by atoms with Crippen molar-refractivity contribution in [1.29, 1.82) is 0 Å². The molecule has 2 aromatic heterocycles. The maximum Gasteiger partial charge on any atom is 0.237 e. The highest BCUT2D eigenvalue weighted by atomic mass is 32.2. The molecule has 26 heavy (non-hydrogen) atoms. The van der Waals surface area contributed by atoms with Gasteiger partial charge in [-0.15, -0.1) is 11.3 Å². The number of fused-ring (bicyclic) bond motifs is 1. The summed E-state index contributed by atoms with van der Waals surface area (Å²) in [6.45, 7) is 10.3. The zero-order valence-corrected chi connectivity index (χ0v) is 17.3. The van der Waals surface area contributed by atoms with Crippen molar-refractivity contribution in [2.24, 2.45) is 0 Å². The summed E-state index contributed by atoms with van der Waals surface area (Å²) in [5.74, 6) is 0.0128. The van der Waals surface area contributed by atoms with Crippen molar-refractivity contribution in [1.82, 2.24) is 9.97 Å². The molecule has 0 fully saturated rings. The molecule has 3 rings (SSSR count). The van der Waals surface area contributed by atoms with Crippen molar-refractivity contribution in [3.63, 3.8) is 0 Å². The van der Waals surface area contributed by atoms with Gasteiger partial charge in [0.15, 0.2) is 0 Å². The second kappa shape index (κ2) is 7.76. The van der Waals surface area contributed by atoms with E-state index in [9.17, 15) is 4.79 Å². The van der Waals surface area contributed by atoms with E-state index in [1.54, 1.807) is 17.7 Å². The second-order valence-corrected chi connectivity index (χ2v) is 8.92. The van der Waals surface area contributed by atoms with Crippen LogP contribution < -0.4 is 5.32 Å². The number of nitrogens with one attached hydrogen (secondary N) is 1. The molecular formula is C20H23N3OS2. The number of carbonyl (C=O) groups is 1. The standard InChI is InChI=1S/C20H23N3OS2/c1-6-16(18(24)23-15-8-11(2)7-12(3)9-15)26-20-17-13(4)14(5)25-19(17)21-10-22-20/h7-10,16H,6H2,1-5H3,(H,23,24). The molecule has 3 aromatic rings. The Labute approximate surface area is 162 Å². The van der Waals surface area contributed by atoms with Gasteiger partial charge in [-0.25, -0.2) is 9.97 Å². The third kappa shape index (κ3) is 3.91. The van der Waals surface area contributed by atoms with E-state index in [4.69, 9.17) is 0 Å². The summed E-state index contributed by atoms with van der Waals surface area (Å²) in [4.78, 5) is 23.9. The molecule has 0 spiro atoms. The monoisotopic (exact) mass is 385 g/mol. The van der Waals surface area contributed by atoms with Crippen LogP contribution in [0.25, 0.3) is 10.2 Å². The number of thioether (sulfide) groups is 1. The first-order valence-electron chi connectivity index (χ1n) is 8.65. The summed E-state index contributed by atoms with van der Waals surface area (Å²) in [7, 11) is 0. The molecule has 0 aliphatic rings. The summed E-state index contributed by atoms with van der Waals surface area (Å²) >= 11 is 3.20. The molecular weight excluding hydrogens is 362 g/mol. The van der Waals surface area contributed by atoms with Gasteiger partial charge < -0.3 is 5.32 Å². The smallest absolute Gasteiger partial charge is 0.237 e. The van der Waals surface area contributed by atoms with Gasteiger partial charge in [-0.1, -0.05) is 24.8 Å². The lowest BCUT2D eigenvalue weighted by atomic mass is 10.1. The minimum absolute atomic E-state index is 0.0128. The molecule has 1 aromatic carbocycles. The summed E-state index contributed by atoms with van der Waals surface area (Å²) in [6, 6.07) is 6.09. The van der Waals surface area contributed by atoms with E-state index in [1.165, 1.54) is 22.2 Å². The number of nitrogens with zero attached hydrogens (tertiary/aromatic N) is 2. The molecule has 0 aliphatic heterocycles. The maximum absolute atomic E-state index is 12.8. The van der Waals surface area contributed by atoms with Crippen LogP contribution in [0, 0.1) is 27.7 Å². The highest BCUT2D eigenvalue weighted by Crippen LogP contribution is 2.36. The lowest BCUT2D eigenvalue weighted by molar-refractivity contribution is -0.115. The number of amides is 1. The van der Waals surface area contributed by atoms with Gasteiger partial charge in [0.25, 0.3) is 0 Å². The Morgan fingerprint density at radius 3 is 2.50 bits per heavy atom. The summed E-state index contributed by atoms with van der Waals surface area (Å²) in [6.07, 6.45) is 2.32. The van der Waals surface area contributed by atoms with E-state index in [2.05, 4.69) is 35.2 Å². The number of hydrogen-bond acceptors (Lipinski definition) is 5. The average Bonchev–Trinajstić information content (AvgIpc) is 2.86. The van der Waals surface area contributed by atoms with Crippen molar-refractivity contribution >= 4 is 44.9 Å². The number of benzene rings is 1. The Kier molecular flexibility index (Phi) is 5.63. The number of hydrogen-bond donors (Lipinski definition) is 1. The van der Waals surface area contributed by atoms with Crippen LogP contribution in [0.1, 0.15) is 34.9 Å². The van der Waals surface area contributed by atoms with Crippen LogP contribution in [0.15, 0.2) is 29.6 Å². The van der Waals surface area contributed by atoms with Gasteiger partial charge in [0, 0.05) is 16.0 Å². The van der Waals surface area contributed by atoms with Gasteiger partial charge in [-0.3, -0.25) is 4.79 Å². The fourth-order valence-corrected chi connectivity index (χ4v) is 5.11. The quantitative estimate of drug-likeness (QED) is 0.470. The number of carbonyl (C=O) groups excluding carboxylic acids is 1. The SMILES string of the molecule is CCC(Sc1ncnc2sc(C)c(C)c12)C(=O)Nc1cc(C)cc(C)c1. The minimum Gasteiger partial charge on any atom is -0.325 e. The molecule has 0 saturated carbocycles. The van der Waals surface area contributed by atoms with Crippen LogP contribution in [0.3, 0.4) is 0 Å². The van der Waals surface area contributed by atoms with Gasteiger partial charge in [-0.2, -0.15) is 0 Å². The Morgan fingerprint density at radius 1 is 1.15 bits per heavy atom. The predicted octanol–water partition coefficient (Wildman–Crippen LogP) is 5.43. The van der Waals surface area contributed by atoms with Gasteiger partial charge >= 0.3 is 0 Å². The zero-order chi connectivity index (χ0) is 18.8. The molecule has 1 atom stereocenters. The predicted molar refractivity (Wildman–Crippen MR) is 111 cm³/mol. The first-order valence-corrected chi connectivity index (χ1v) is 10.3. The summed E-state index contributed by atoms with van der Waals surface area (Å²) < 4.78 is 0. The van der Waals surface area contributed by atoms with Gasteiger partial charge in [0.1, 0.15) is 16.2 Å². The second-order valence-electron chi connectivity index (χ2n) is 6.52. The van der Waals surface area contributed by atoms with E-state index in [-0.39, 0.29) is 11.2 Å². The molecule has 0 saturated heterocycles. The first kappa shape index (κ1) is 18.9. The molecule has 0 aliphatic carbocycles. The van der Waals surface area contributed by atoms with Crippen molar-refractivity contribution in [2.45, 2.75) is 51.3 Å². The summed E-state index contributed by atoms with van der Waals surface area (Å²) in [5.41, 5.74) is 4.34. The molecule has 1 unspecified atom stereocenters. The van der Waals surface area contributed by atoms with Crippen LogP contribution in [-0.4, -0.2) is 21.1 Å². The van der Waals surface area contributed by atoms with Crippen molar-refractivity contribution in [3.8, 4) is 0 Å². The minimum atomic E-state index is -0.200. The van der Waals surface area contributed by atoms with E-state index in [0.29, 0.717) is 0 Å². The Balaban J connectivity index is 1.84. The topological polar surface area (TPSA) is 54.9 Å². The Bertz CT molecular complexity index is 945. The normalized spacial score (nSPS) is 12.3. The highest BCUT2D eigenvalue weighted by Gasteiger charge is 2.22.